The molecule has 3 heteroatoms. The predicted octanol–water partition coefficient (Wildman–Crippen LogP) is 4.93. The molecule has 0 aliphatic rings. The standard InChI is InChI=1S/C19H25FO2/c1-5-19(20)11-6-16(3)18-9-7-17(8-10-18)14-22-13-15(2)12-21-4/h5-11,15H,1,12-14H2,2-4H3/b16-6+,19-11+. The average Bonchev–Trinajstić information content (AvgIpc) is 2.53. The molecule has 1 aromatic carbocycles. The van der Waals surface area contributed by atoms with E-state index in [-0.39, 0.29) is 5.83 Å². The average molecular weight is 304 g/mol. The molecule has 0 heterocycles. The number of benzene rings is 1. The summed E-state index contributed by atoms with van der Waals surface area (Å²) in [6, 6.07) is 8.09. The first-order valence-corrected chi connectivity index (χ1v) is 7.39. The topological polar surface area (TPSA) is 18.5 Å². The van der Waals surface area contributed by atoms with Crippen LogP contribution >= 0.6 is 0 Å². The summed E-state index contributed by atoms with van der Waals surface area (Å²) in [7, 11) is 1.70. The van der Waals surface area contributed by atoms with Crippen LogP contribution in [0.25, 0.3) is 5.57 Å². The van der Waals surface area contributed by atoms with Crippen LogP contribution in [-0.4, -0.2) is 20.3 Å². The molecule has 2 nitrogen and oxygen atoms in total. The van der Waals surface area contributed by atoms with Gasteiger partial charge in [0.1, 0.15) is 5.83 Å². The van der Waals surface area contributed by atoms with Crippen molar-refractivity contribution >= 4 is 5.57 Å². The fourth-order valence-corrected chi connectivity index (χ4v) is 1.94. The lowest BCUT2D eigenvalue weighted by atomic mass is 10.1. The van der Waals surface area contributed by atoms with Gasteiger partial charge in [0.25, 0.3) is 0 Å². The smallest absolute Gasteiger partial charge is 0.122 e. The molecule has 0 aliphatic heterocycles. The first-order valence-electron chi connectivity index (χ1n) is 7.39. The van der Waals surface area contributed by atoms with Gasteiger partial charge in [-0.15, -0.1) is 0 Å². The van der Waals surface area contributed by atoms with Gasteiger partial charge >= 0.3 is 0 Å². The molecule has 0 saturated heterocycles. The predicted molar refractivity (Wildman–Crippen MR) is 90.2 cm³/mol. The van der Waals surface area contributed by atoms with E-state index in [1.807, 2.05) is 31.2 Å². The van der Waals surface area contributed by atoms with Gasteiger partial charge in [0.15, 0.2) is 0 Å². The van der Waals surface area contributed by atoms with Gasteiger partial charge in [-0.3, -0.25) is 0 Å². The van der Waals surface area contributed by atoms with E-state index in [9.17, 15) is 4.39 Å². The number of methoxy groups -OCH3 is 1. The van der Waals surface area contributed by atoms with Crippen molar-refractivity contribution in [3.8, 4) is 0 Å². The minimum Gasteiger partial charge on any atom is -0.384 e. The van der Waals surface area contributed by atoms with Crippen molar-refractivity contribution in [2.24, 2.45) is 5.92 Å². The van der Waals surface area contributed by atoms with Gasteiger partial charge in [-0.1, -0.05) is 43.8 Å². The molecule has 0 aromatic heterocycles. The van der Waals surface area contributed by atoms with Gasteiger partial charge in [-0.25, -0.2) is 4.39 Å². The maximum Gasteiger partial charge on any atom is 0.122 e. The molecule has 0 saturated carbocycles. The Morgan fingerprint density at radius 2 is 1.91 bits per heavy atom. The lowest BCUT2D eigenvalue weighted by Gasteiger charge is -2.11. The summed E-state index contributed by atoms with van der Waals surface area (Å²) >= 11 is 0. The fourth-order valence-electron chi connectivity index (χ4n) is 1.94. The highest BCUT2D eigenvalue weighted by molar-refractivity contribution is 5.65. The van der Waals surface area contributed by atoms with Crippen molar-refractivity contribution in [1.29, 1.82) is 0 Å². The second-order valence-corrected chi connectivity index (χ2v) is 5.38. The molecular formula is C19H25FO2. The summed E-state index contributed by atoms with van der Waals surface area (Å²) in [5.74, 6) is 0.0514. The Balaban J connectivity index is 2.54. The lowest BCUT2D eigenvalue weighted by molar-refractivity contribution is 0.0561. The molecular weight excluding hydrogens is 279 g/mol. The van der Waals surface area contributed by atoms with Gasteiger partial charge in [0.05, 0.1) is 19.8 Å². The minimum absolute atomic E-state index is 0.338. The van der Waals surface area contributed by atoms with Crippen molar-refractivity contribution in [1.82, 2.24) is 0 Å². The van der Waals surface area contributed by atoms with Gasteiger partial charge in [-0.05, 0) is 35.8 Å². The number of ether oxygens (including phenoxy) is 2. The van der Waals surface area contributed by atoms with E-state index in [2.05, 4.69) is 13.5 Å². The first kappa shape index (κ1) is 18.3. The Labute approximate surface area is 132 Å². The van der Waals surface area contributed by atoms with Crippen molar-refractivity contribution in [3.63, 3.8) is 0 Å². The van der Waals surface area contributed by atoms with E-state index in [1.54, 1.807) is 13.2 Å². The molecule has 0 bridgehead atoms. The zero-order valence-electron chi connectivity index (χ0n) is 13.6. The molecule has 1 rings (SSSR count). The second kappa shape index (κ2) is 10.1. The summed E-state index contributed by atoms with van der Waals surface area (Å²) in [6.45, 7) is 9.40. The summed E-state index contributed by atoms with van der Waals surface area (Å²) < 4.78 is 23.7. The molecule has 1 aromatic rings. The van der Waals surface area contributed by atoms with Crippen LogP contribution in [0.15, 0.2) is 54.9 Å². The normalized spacial score (nSPS) is 14.0. The molecule has 0 fully saturated rings. The van der Waals surface area contributed by atoms with E-state index in [0.717, 1.165) is 16.7 Å². The monoisotopic (exact) mass is 304 g/mol. The third kappa shape index (κ3) is 6.83. The van der Waals surface area contributed by atoms with Crippen LogP contribution in [0, 0.1) is 5.92 Å². The SMILES string of the molecule is C=C/C(F)=C\C=C(/C)c1ccc(COCC(C)COC)cc1. The molecule has 0 radical (unpaired) electrons. The third-order valence-corrected chi connectivity index (χ3v) is 3.22. The molecule has 22 heavy (non-hydrogen) atoms. The van der Waals surface area contributed by atoms with Crippen LogP contribution in [0.3, 0.4) is 0 Å². The highest BCUT2D eigenvalue weighted by Gasteiger charge is 2.02. The van der Waals surface area contributed by atoms with Crippen LogP contribution in [0.1, 0.15) is 25.0 Å². The van der Waals surface area contributed by atoms with E-state index < -0.39 is 0 Å². The Kier molecular flexibility index (Phi) is 8.41. The van der Waals surface area contributed by atoms with Gasteiger partial charge < -0.3 is 9.47 Å². The van der Waals surface area contributed by atoms with E-state index in [1.165, 1.54) is 12.2 Å². The Bertz CT molecular complexity index is 515. The molecule has 1 unspecified atom stereocenters. The van der Waals surface area contributed by atoms with Crippen molar-refractivity contribution < 1.29 is 13.9 Å². The van der Waals surface area contributed by atoms with Gasteiger partial charge in [0, 0.05) is 13.0 Å². The van der Waals surface area contributed by atoms with Crippen LogP contribution in [0.5, 0.6) is 0 Å². The van der Waals surface area contributed by atoms with Gasteiger partial charge in [-0.2, -0.15) is 0 Å². The van der Waals surface area contributed by atoms with Crippen LogP contribution in [-0.2, 0) is 16.1 Å². The first-order chi connectivity index (χ1) is 10.6. The van der Waals surface area contributed by atoms with Crippen molar-refractivity contribution in [3.05, 3.63) is 66.0 Å². The molecule has 0 spiro atoms. The zero-order valence-corrected chi connectivity index (χ0v) is 13.6. The summed E-state index contributed by atoms with van der Waals surface area (Å²) in [6.07, 6.45) is 4.35. The van der Waals surface area contributed by atoms with Crippen LogP contribution < -0.4 is 0 Å². The number of halogens is 1. The quantitative estimate of drug-likeness (QED) is 0.602. The molecule has 0 aliphatic carbocycles. The Hall–Kier alpha value is -1.71. The maximum atomic E-state index is 13.0. The summed E-state index contributed by atoms with van der Waals surface area (Å²) in [4.78, 5) is 0. The second-order valence-electron chi connectivity index (χ2n) is 5.38. The number of rotatable bonds is 9. The molecule has 120 valence electrons. The maximum absolute atomic E-state index is 13.0. The number of hydrogen-bond acceptors (Lipinski definition) is 2. The van der Waals surface area contributed by atoms with Crippen LogP contribution in [0.4, 0.5) is 4.39 Å². The minimum atomic E-state index is -0.338. The van der Waals surface area contributed by atoms with Crippen molar-refractivity contribution in [2.75, 3.05) is 20.3 Å². The zero-order chi connectivity index (χ0) is 16.4. The third-order valence-electron chi connectivity index (χ3n) is 3.22. The Morgan fingerprint density at radius 1 is 1.23 bits per heavy atom. The summed E-state index contributed by atoms with van der Waals surface area (Å²) in [5, 5.41) is 0. The molecule has 0 N–H and O–H groups in total. The lowest BCUT2D eigenvalue weighted by Crippen LogP contribution is -2.11. The van der Waals surface area contributed by atoms with E-state index >= 15 is 0 Å². The molecule has 0 amide bonds. The summed E-state index contributed by atoms with van der Waals surface area (Å²) in [5.41, 5.74) is 3.18. The van der Waals surface area contributed by atoms with Crippen molar-refractivity contribution in [2.45, 2.75) is 20.5 Å². The number of allylic oxidation sites excluding steroid dienone is 5. The van der Waals surface area contributed by atoms with E-state index in [0.29, 0.717) is 25.7 Å². The highest BCUT2D eigenvalue weighted by Crippen LogP contribution is 2.16. The largest absolute Gasteiger partial charge is 0.384 e. The number of hydrogen-bond donors (Lipinski definition) is 0. The molecule has 1 atom stereocenters. The fraction of sp³-hybridized carbons (Fsp3) is 0.368. The highest BCUT2D eigenvalue weighted by atomic mass is 19.1. The van der Waals surface area contributed by atoms with Gasteiger partial charge in [0.2, 0.25) is 0 Å². The van der Waals surface area contributed by atoms with Crippen LogP contribution in [0.2, 0.25) is 0 Å². The van der Waals surface area contributed by atoms with E-state index in [4.69, 9.17) is 9.47 Å². The Morgan fingerprint density at radius 3 is 2.50 bits per heavy atom.